The van der Waals surface area contributed by atoms with E-state index in [4.69, 9.17) is 17.3 Å². The molecule has 3 N–H and O–H groups in total. The Bertz CT molecular complexity index is 866. The lowest BCUT2D eigenvalue weighted by atomic mass is 9.82. The number of nitrogens with one attached hydrogen (secondary N) is 1. The van der Waals surface area contributed by atoms with Crippen molar-refractivity contribution in [3.05, 3.63) is 64.4 Å². The summed E-state index contributed by atoms with van der Waals surface area (Å²) in [4.78, 5) is 16.9. The SMILES string of the molecule is C[C@H]1CC[C@@](C)(c2cc(NC(=O)c3ccc(Cl)cc3)ccc2F)N=C1N. The summed E-state index contributed by atoms with van der Waals surface area (Å²) in [5.41, 5.74) is 6.67. The number of amides is 1. The Hall–Kier alpha value is -2.40. The summed E-state index contributed by atoms with van der Waals surface area (Å²) in [6.07, 6.45) is 1.53. The molecule has 2 atom stereocenters. The summed E-state index contributed by atoms with van der Waals surface area (Å²) < 4.78 is 14.5. The third-order valence-corrected chi connectivity index (χ3v) is 5.11. The lowest BCUT2D eigenvalue weighted by Crippen LogP contribution is -2.35. The molecule has 2 aromatic rings. The highest BCUT2D eigenvalue weighted by molar-refractivity contribution is 6.30. The first-order chi connectivity index (χ1) is 12.3. The van der Waals surface area contributed by atoms with Gasteiger partial charge in [-0.3, -0.25) is 9.79 Å². The zero-order valence-electron chi connectivity index (χ0n) is 14.7. The highest BCUT2D eigenvalue weighted by Gasteiger charge is 2.34. The number of aliphatic imine (C=N–C) groups is 1. The van der Waals surface area contributed by atoms with Gasteiger partial charge in [0.1, 0.15) is 5.82 Å². The van der Waals surface area contributed by atoms with Gasteiger partial charge < -0.3 is 11.1 Å². The molecule has 0 spiro atoms. The van der Waals surface area contributed by atoms with Crippen molar-refractivity contribution in [3.63, 3.8) is 0 Å². The Morgan fingerprint density at radius 3 is 2.65 bits per heavy atom. The van der Waals surface area contributed by atoms with Crippen LogP contribution in [0, 0.1) is 11.7 Å². The van der Waals surface area contributed by atoms with E-state index in [0.29, 0.717) is 34.1 Å². The second-order valence-electron chi connectivity index (χ2n) is 6.91. The number of nitrogens with zero attached hydrogens (tertiary/aromatic N) is 1. The number of carbonyl (C=O) groups excluding carboxylic acids is 1. The number of benzene rings is 2. The van der Waals surface area contributed by atoms with E-state index in [2.05, 4.69) is 10.3 Å². The van der Waals surface area contributed by atoms with E-state index in [0.717, 1.165) is 6.42 Å². The molecule has 6 heteroatoms. The van der Waals surface area contributed by atoms with Crippen LogP contribution in [0.3, 0.4) is 0 Å². The maximum atomic E-state index is 14.5. The maximum Gasteiger partial charge on any atom is 0.255 e. The van der Waals surface area contributed by atoms with Gasteiger partial charge in [0.25, 0.3) is 5.91 Å². The molecule has 4 nitrogen and oxygen atoms in total. The molecule has 0 aliphatic carbocycles. The van der Waals surface area contributed by atoms with Crippen molar-refractivity contribution in [2.45, 2.75) is 32.2 Å². The van der Waals surface area contributed by atoms with Gasteiger partial charge in [-0.1, -0.05) is 18.5 Å². The van der Waals surface area contributed by atoms with Gasteiger partial charge in [0.2, 0.25) is 0 Å². The van der Waals surface area contributed by atoms with Crippen LogP contribution >= 0.6 is 11.6 Å². The smallest absolute Gasteiger partial charge is 0.255 e. The van der Waals surface area contributed by atoms with Crippen molar-refractivity contribution >= 4 is 29.0 Å². The van der Waals surface area contributed by atoms with E-state index >= 15 is 0 Å². The van der Waals surface area contributed by atoms with Gasteiger partial charge >= 0.3 is 0 Å². The molecule has 0 fully saturated rings. The van der Waals surface area contributed by atoms with Gasteiger partial charge in [0.15, 0.2) is 0 Å². The number of rotatable bonds is 3. The van der Waals surface area contributed by atoms with Crippen molar-refractivity contribution in [1.29, 1.82) is 0 Å². The number of amidine groups is 1. The minimum Gasteiger partial charge on any atom is -0.387 e. The van der Waals surface area contributed by atoms with E-state index in [1.165, 1.54) is 12.1 Å². The second-order valence-corrected chi connectivity index (χ2v) is 7.34. The van der Waals surface area contributed by atoms with Crippen LogP contribution in [-0.2, 0) is 5.54 Å². The summed E-state index contributed by atoms with van der Waals surface area (Å²) in [6.45, 7) is 3.88. The molecule has 2 aromatic carbocycles. The van der Waals surface area contributed by atoms with Crippen molar-refractivity contribution in [2.75, 3.05) is 5.32 Å². The average Bonchev–Trinajstić information content (AvgIpc) is 2.60. The highest BCUT2D eigenvalue weighted by Crippen LogP contribution is 2.38. The van der Waals surface area contributed by atoms with Crippen LogP contribution in [-0.4, -0.2) is 11.7 Å². The van der Waals surface area contributed by atoms with E-state index in [1.54, 1.807) is 30.3 Å². The van der Waals surface area contributed by atoms with E-state index < -0.39 is 5.54 Å². The van der Waals surface area contributed by atoms with Gasteiger partial charge in [-0.25, -0.2) is 4.39 Å². The third kappa shape index (κ3) is 3.73. The van der Waals surface area contributed by atoms with Gasteiger partial charge in [0.05, 0.1) is 11.4 Å². The van der Waals surface area contributed by atoms with Gasteiger partial charge in [0, 0.05) is 27.8 Å². The third-order valence-electron chi connectivity index (χ3n) is 4.86. The molecule has 0 saturated carbocycles. The number of carbonyl (C=O) groups is 1. The summed E-state index contributed by atoms with van der Waals surface area (Å²) in [6, 6.07) is 11.1. The number of nitrogens with two attached hydrogens (primary N) is 1. The predicted molar refractivity (Wildman–Crippen MR) is 103 cm³/mol. The molecule has 136 valence electrons. The zero-order valence-corrected chi connectivity index (χ0v) is 15.5. The van der Waals surface area contributed by atoms with Gasteiger partial charge in [-0.2, -0.15) is 0 Å². The van der Waals surface area contributed by atoms with Crippen LogP contribution in [0.15, 0.2) is 47.5 Å². The highest BCUT2D eigenvalue weighted by atomic mass is 35.5. The van der Waals surface area contributed by atoms with Crippen molar-refractivity contribution < 1.29 is 9.18 Å². The molecule has 0 aromatic heterocycles. The van der Waals surface area contributed by atoms with E-state index in [1.807, 2.05) is 13.8 Å². The molecular formula is C20H21ClFN3O. The normalized spacial score (nSPS) is 22.6. The van der Waals surface area contributed by atoms with Crippen molar-refractivity contribution in [3.8, 4) is 0 Å². The van der Waals surface area contributed by atoms with Gasteiger partial charge in [-0.15, -0.1) is 0 Å². The lowest BCUT2D eigenvalue weighted by Gasteiger charge is -2.33. The standard InChI is InChI=1S/C20H21ClFN3O/c1-12-9-10-20(2,25-18(12)23)16-11-15(7-8-17(16)22)24-19(26)13-3-5-14(21)6-4-13/h3-8,11-12H,9-10H2,1-2H3,(H2,23,25)(H,24,26)/t12-,20-/m0/s1. The quantitative estimate of drug-likeness (QED) is 0.816. The first kappa shape index (κ1) is 18.4. The Morgan fingerprint density at radius 1 is 1.31 bits per heavy atom. The molecule has 1 aliphatic heterocycles. The molecule has 0 radical (unpaired) electrons. The number of hydrogen-bond donors (Lipinski definition) is 2. The van der Waals surface area contributed by atoms with Crippen molar-refractivity contribution in [1.82, 2.24) is 0 Å². The molecule has 0 saturated heterocycles. The van der Waals surface area contributed by atoms with E-state index in [-0.39, 0.29) is 17.6 Å². The Balaban J connectivity index is 1.88. The van der Waals surface area contributed by atoms with Crippen molar-refractivity contribution in [2.24, 2.45) is 16.6 Å². The topological polar surface area (TPSA) is 67.5 Å². The summed E-state index contributed by atoms with van der Waals surface area (Å²) in [5.74, 6) is 0.0837. The second kappa shape index (κ2) is 7.08. The molecule has 1 aliphatic rings. The Kier molecular flexibility index (Phi) is 5.01. The molecule has 3 rings (SSSR count). The Morgan fingerprint density at radius 2 is 2.00 bits per heavy atom. The largest absolute Gasteiger partial charge is 0.387 e. The van der Waals surface area contributed by atoms with Crippen LogP contribution in [0.4, 0.5) is 10.1 Å². The molecular weight excluding hydrogens is 353 g/mol. The Labute approximate surface area is 157 Å². The summed E-state index contributed by atoms with van der Waals surface area (Å²) >= 11 is 5.84. The lowest BCUT2D eigenvalue weighted by molar-refractivity contribution is 0.102. The minimum atomic E-state index is -0.734. The molecule has 26 heavy (non-hydrogen) atoms. The fourth-order valence-corrected chi connectivity index (χ4v) is 3.24. The molecule has 1 amide bonds. The maximum absolute atomic E-state index is 14.5. The van der Waals surface area contributed by atoms with Crippen LogP contribution in [0.5, 0.6) is 0 Å². The van der Waals surface area contributed by atoms with Gasteiger partial charge in [-0.05, 0) is 62.2 Å². The van der Waals surface area contributed by atoms with Crippen LogP contribution in [0.25, 0.3) is 0 Å². The van der Waals surface area contributed by atoms with E-state index in [9.17, 15) is 9.18 Å². The predicted octanol–water partition coefficient (Wildman–Crippen LogP) is 4.73. The van der Waals surface area contributed by atoms with Crippen LogP contribution in [0.2, 0.25) is 5.02 Å². The number of halogens is 2. The summed E-state index contributed by atoms with van der Waals surface area (Å²) in [5, 5.41) is 3.35. The average molecular weight is 374 g/mol. The van der Waals surface area contributed by atoms with Crippen LogP contribution < -0.4 is 11.1 Å². The fourth-order valence-electron chi connectivity index (χ4n) is 3.11. The number of anilines is 1. The number of hydrogen-bond acceptors (Lipinski definition) is 3. The first-order valence-corrected chi connectivity index (χ1v) is 8.88. The minimum absolute atomic E-state index is 0.193. The zero-order chi connectivity index (χ0) is 18.9. The van der Waals surface area contributed by atoms with Crippen LogP contribution in [0.1, 0.15) is 42.6 Å². The first-order valence-electron chi connectivity index (χ1n) is 8.51. The molecule has 0 unspecified atom stereocenters. The fraction of sp³-hybridized carbons (Fsp3) is 0.300. The molecule has 0 bridgehead atoms. The molecule has 1 heterocycles. The monoisotopic (exact) mass is 373 g/mol. The summed E-state index contributed by atoms with van der Waals surface area (Å²) in [7, 11) is 0.